The molecule has 0 amide bonds. The number of aromatic hydroxyl groups is 2. The van der Waals surface area contributed by atoms with Gasteiger partial charge in [-0.2, -0.15) is 0 Å². The number of allylic oxidation sites excluding steroid dienone is 3. The molecule has 1 aromatic carbocycles. The van der Waals surface area contributed by atoms with Crippen LogP contribution in [0.1, 0.15) is 64.0 Å². The molecule has 1 aromatic rings. The van der Waals surface area contributed by atoms with E-state index in [-0.39, 0.29) is 17.4 Å². The highest BCUT2D eigenvalue weighted by molar-refractivity contribution is 5.79. The second-order valence-corrected chi connectivity index (χ2v) is 7.04. The summed E-state index contributed by atoms with van der Waals surface area (Å²) in [6.07, 6.45) is 8.66. The van der Waals surface area contributed by atoms with Gasteiger partial charge in [0.15, 0.2) is 0 Å². The lowest BCUT2D eigenvalue weighted by Gasteiger charge is -2.29. The van der Waals surface area contributed by atoms with Crippen LogP contribution < -0.4 is 0 Å². The van der Waals surface area contributed by atoms with Crippen LogP contribution in [0.15, 0.2) is 30.4 Å². The Kier molecular flexibility index (Phi) is 5.92. The molecule has 2 heteroatoms. The zero-order valence-electron chi connectivity index (χ0n) is 14.7. The molecule has 0 aliphatic heterocycles. The first-order valence-electron chi connectivity index (χ1n) is 8.86. The first-order valence-corrected chi connectivity index (χ1v) is 8.86. The van der Waals surface area contributed by atoms with E-state index in [1.165, 1.54) is 12.8 Å². The molecule has 0 heterocycles. The number of unbranched alkanes of at least 4 members (excludes halogenated alkanes) is 2. The van der Waals surface area contributed by atoms with E-state index in [0.29, 0.717) is 11.5 Å². The molecule has 0 bridgehead atoms. The molecule has 23 heavy (non-hydrogen) atoms. The van der Waals surface area contributed by atoms with E-state index < -0.39 is 0 Å². The third-order valence-electron chi connectivity index (χ3n) is 4.86. The Morgan fingerprint density at radius 1 is 1.17 bits per heavy atom. The minimum absolute atomic E-state index is 0.197. The van der Waals surface area contributed by atoms with Gasteiger partial charge in [-0.3, -0.25) is 0 Å². The van der Waals surface area contributed by atoms with Crippen molar-refractivity contribution in [2.45, 2.75) is 59.3 Å². The maximum Gasteiger partial charge on any atom is 0.127 e. The minimum atomic E-state index is 0.197. The van der Waals surface area contributed by atoms with E-state index in [1.807, 2.05) is 19.1 Å². The lowest BCUT2D eigenvalue weighted by atomic mass is 9.76. The summed E-state index contributed by atoms with van der Waals surface area (Å²) in [6.45, 7) is 10.5. The monoisotopic (exact) mass is 314 g/mol. The highest BCUT2D eigenvalue weighted by atomic mass is 16.3. The van der Waals surface area contributed by atoms with Gasteiger partial charge in [0.1, 0.15) is 11.5 Å². The fourth-order valence-electron chi connectivity index (χ4n) is 3.55. The Bertz CT molecular complexity index is 575. The Hall–Kier alpha value is -1.70. The van der Waals surface area contributed by atoms with Crippen molar-refractivity contribution < 1.29 is 10.2 Å². The molecule has 2 rings (SSSR count). The summed E-state index contributed by atoms with van der Waals surface area (Å²) in [7, 11) is 0. The van der Waals surface area contributed by atoms with Crippen LogP contribution in [0.2, 0.25) is 0 Å². The molecule has 0 fully saturated rings. The standard InChI is InChI=1S/C21H30O2/c1-5-6-7-8-16-12-19(22)21(20(23)13-16)18-11-15(4)9-10-17(18)14(2)3/h11-13,15,17,22-23H,2,5-10H2,1,3-4H3/t15?,17-/m1/s1. The largest absolute Gasteiger partial charge is 0.507 e. The molecule has 2 nitrogen and oxygen atoms in total. The Morgan fingerprint density at radius 2 is 1.83 bits per heavy atom. The fraction of sp³-hybridized carbons (Fsp3) is 0.524. The Balaban J connectivity index is 2.36. The van der Waals surface area contributed by atoms with Crippen molar-refractivity contribution >= 4 is 5.57 Å². The fourth-order valence-corrected chi connectivity index (χ4v) is 3.55. The topological polar surface area (TPSA) is 40.5 Å². The molecule has 1 aliphatic rings. The first kappa shape index (κ1) is 17.7. The normalized spacial score (nSPS) is 21.1. The summed E-state index contributed by atoms with van der Waals surface area (Å²) in [4.78, 5) is 0. The number of hydrogen-bond acceptors (Lipinski definition) is 2. The average Bonchev–Trinajstić information content (AvgIpc) is 2.46. The van der Waals surface area contributed by atoms with Gasteiger partial charge < -0.3 is 10.2 Å². The van der Waals surface area contributed by atoms with Crippen molar-refractivity contribution in [3.8, 4) is 11.5 Å². The van der Waals surface area contributed by atoms with Gasteiger partial charge in [0.25, 0.3) is 0 Å². The molecule has 0 saturated carbocycles. The van der Waals surface area contributed by atoms with E-state index in [4.69, 9.17) is 0 Å². The van der Waals surface area contributed by atoms with Crippen molar-refractivity contribution in [2.75, 3.05) is 0 Å². The molecule has 0 radical (unpaired) electrons. The summed E-state index contributed by atoms with van der Waals surface area (Å²) >= 11 is 0. The van der Waals surface area contributed by atoms with Gasteiger partial charge in [-0.25, -0.2) is 0 Å². The second kappa shape index (κ2) is 7.72. The van der Waals surface area contributed by atoms with Crippen LogP contribution in [-0.4, -0.2) is 10.2 Å². The SMILES string of the molecule is C=C(C)[C@H]1CCC(C)C=C1c1c(O)cc(CCCCC)cc1O. The maximum absolute atomic E-state index is 10.5. The average molecular weight is 314 g/mol. The molecule has 0 saturated heterocycles. The van der Waals surface area contributed by atoms with Gasteiger partial charge in [-0.1, -0.05) is 44.9 Å². The van der Waals surface area contributed by atoms with Crippen LogP contribution in [-0.2, 0) is 6.42 Å². The van der Waals surface area contributed by atoms with Crippen molar-refractivity contribution in [2.24, 2.45) is 11.8 Å². The third kappa shape index (κ3) is 4.19. The highest BCUT2D eigenvalue weighted by Gasteiger charge is 2.26. The lowest BCUT2D eigenvalue weighted by molar-refractivity contribution is 0.441. The molecule has 1 aliphatic carbocycles. The van der Waals surface area contributed by atoms with Crippen LogP contribution in [0, 0.1) is 11.8 Å². The third-order valence-corrected chi connectivity index (χ3v) is 4.86. The smallest absolute Gasteiger partial charge is 0.127 e. The van der Waals surface area contributed by atoms with Crippen molar-refractivity contribution in [3.63, 3.8) is 0 Å². The summed E-state index contributed by atoms with van der Waals surface area (Å²) < 4.78 is 0. The van der Waals surface area contributed by atoms with Crippen molar-refractivity contribution in [1.82, 2.24) is 0 Å². The summed E-state index contributed by atoms with van der Waals surface area (Å²) in [5.74, 6) is 1.07. The molecule has 0 spiro atoms. The predicted molar refractivity (Wildman–Crippen MR) is 97.7 cm³/mol. The maximum atomic E-state index is 10.5. The molecule has 126 valence electrons. The van der Waals surface area contributed by atoms with Crippen LogP contribution in [0.4, 0.5) is 0 Å². The predicted octanol–water partition coefficient (Wildman–Crippen LogP) is 5.84. The first-order chi connectivity index (χ1) is 10.9. The zero-order valence-corrected chi connectivity index (χ0v) is 14.7. The van der Waals surface area contributed by atoms with Crippen LogP contribution in [0.5, 0.6) is 11.5 Å². The van der Waals surface area contributed by atoms with E-state index in [0.717, 1.165) is 42.4 Å². The van der Waals surface area contributed by atoms with Gasteiger partial charge in [0.2, 0.25) is 0 Å². The summed E-state index contributed by atoms with van der Waals surface area (Å²) in [6, 6.07) is 3.64. The molecule has 1 unspecified atom stereocenters. The van der Waals surface area contributed by atoms with Crippen LogP contribution in [0.25, 0.3) is 5.57 Å². The summed E-state index contributed by atoms with van der Waals surface area (Å²) in [5, 5.41) is 21.1. The van der Waals surface area contributed by atoms with Gasteiger partial charge in [-0.05, 0) is 61.8 Å². The number of benzene rings is 1. The number of rotatable bonds is 6. The molecular weight excluding hydrogens is 284 g/mol. The zero-order chi connectivity index (χ0) is 17.0. The van der Waals surface area contributed by atoms with Crippen LogP contribution >= 0.6 is 0 Å². The Morgan fingerprint density at radius 3 is 2.39 bits per heavy atom. The second-order valence-electron chi connectivity index (χ2n) is 7.04. The molecule has 0 aromatic heterocycles. The molecule has 2 atom stereocenters. The number of phenolic OH excluding ortho intramolecular Hbond substituents is 2. The van der Waals surface area contributed by atoms with E-state index >= 15 is 0 Å². The Labute approximate surface area is 140 Å². The number of aryl methyl sites for hydroxylation is 1. The van der Waals surface area contributed by atoms with E-state index in [1.54, 1.807) is 0 Å². The quantitative estimate of drug-likeness (QED) is 0.512. The molecule has 2 N–H and O–H groups in total. The molecular formula is C21H30O2. The van der Waals surface area contributed by atoms with Gasteiger partial charge >= 0.3 is 0 Å². The van der Waals surface area contributed by atoms with Gasteiger partial charge in [-0.15, -0.1) is 0 Å². The number of hydrogen-bond donors (Lipinski definition) is 2. The number of phenols is 2. The highest BCUT2D eigenvalue weighted by Crippen LogP contribution is 2.45. The van der Waals surface area contributed by atoms with Gasteiger partial charge in [0, 0.05) is 5.92 Å². The summed E-state index contributed by atoms with van der Waals surface area (Å²) in [5.41, 5.74) is 3.73. The van der Waals surface area contributed by atoms with Crippen molar-refractivity contribution in [1.29, 1.82) is 0 Å². The van der Waals surface area contributed by atoms with Gasteiger partial charge in [0.05, 0.1) is 5.56 Å². The van der Waals surface area contributed by atoms with Crippen molar-refractivity contribution in [3.05, 3.63) is 41.5 Å². The van der Waals surface area contributed by atoms with Crippen LogP contribution in [0.3, 0.4) is 0 Å². The lowest BCUT2D eigenvalue weighted by Crippen LogP contribution is -2.13. The van der Waals surface area contributed by atoms with E-state index in [9.17, 15) is 10.2 Å². The van der Waals surface area contributed by atoms with E-state index in [2.05, 4.69) is 26.5 Å². The minimum Gasteiger partial charge on any atom is -0.507 e.